The van der Waals surface area contributed by atoms with Crippen molar-refractivity contribution in [3.8, 4) is 0 Å². The van der Waals surface area contributed by atoms with Gasteiger partial charge in [0.1, 0.15) is 0 Å². The number of likely N-dealkylation sites (tertiary alicyclic amines) is 1. The first kappa shape index (κ1) is 14.7. The van der Waals surface area contributed by atoms with E-state index in [9.17, 15) is 18.0 Å². The summed E-state index contributed by atoms with van der Waals surface area (Å²) in [7, 11) is 1.42. The van der Waals surface area contributed by atoms with Crippen LogP contribution in [0.25, 0.3) is 0 Å². The Morgan fingerprint density at radius 2 is 2.10 bits per heavy atom. The maximum absolute atomic E-state index is 13.0. The molecule has 1 aliphatic heterocycles. The largest absolute Gasteiger partial charge is 0.418 e. The van der Waals surface area contributed by atoms with E-state index in [0.29, 0.717) is 19.0 Å². The quantitative estimate of drug-likeness (QED) is 0.905. The number of alkyl halides is 3. The Morgan fingerprint density at radius 1 is 1.40 bits per heavy atom. The van der Waals surface area contributed by atoms with Crippen LogP contribution in [-0.4, -0.2) is 30.9 Å². The lowest BCUT2D eigenvalue weighted by molar-refractivity contribution is -0.136. The topological polar surface area (TPSA) is 32.3 Å². The highest BCUT2D eigenvalue weighted by Gasteiger charge is 2.34. The molecule has 3 nitrogen and oxygen atoms in total. The molecule has 1 fully saturated rings. The fourth-order valence-corrected chi connectivity index (χ4v) is 2.43. The molecule has 1 aromatic rings. The number of hydrogen-bond donors (Lipinski definition) is 1. The molecule has 1 amide bonds. The van der Waals surface area contributed by atoms with Crippen molar-refractivity contribution in [3.63, 3.8) is 0 Å². The molecule has 0 radical (unpaired) electrons. The van der Waals surface area contributed by atoms with Gasteiger partial charge in [-0.1, -0.05) is 6.92 Å². The molecule has 20 heavy (non-hydrogen) atoms. The number of halogens is 3. The second-order valence-corrected chi connectivity index (χ2v) is 5.15. The summed E-state index contributed by atoms with van der Waals surface area (Å²) in [4.78, 5) is 13.8. The van der Waals surface area contributed by atoms with Gasteiger partial charge in [-0.15, -0.1) is 0 Å². The molecule has 1 atom stereocenters. The first-order chi connectivity index (χ1) is 9.32. The lowest BCUT2D eigenvalue weighted by atomic mass is 10.1. The van der Waals surface area contributed by atoms with Crippen LogP contribution >= 0.6 is 0 Å². The fraction of sp³-hybridized carbons (Fsp3) is 0.500. The molecule has 2 rings (SSSR count). The van der Waals surface area contributed by atoms with Crippen LogP contribution in [-0.2, 0) is 6.18 Å². The van der Waals surface area contributed by atoms with E-state index in [1.165, 1.54) is 19.2 Å². The highest BCUT2D eigenvalue weighted by Crippen LogP contribution is 2.35. The second-order valence-electron chi connectivity index (χ2n) is 5.15. The Hall–Kier alpha value is -1.72. The molecule has 0 spiro atoms. The predicted octanol–water partition coefficient (Wildman–Crippen LogP) is 3.23. The van der Waals surface area contributed by atoms with Crippen LogP contribution in [0, 0.1) is 5.92 Å². The van der Waals surface area contributed by atoms with E-state index in [0.717, 1.165) is 12.5 Å². The van der Waals surface area contributed by atoms with Gasteiger partial charge in [0.2, 0.25) is 0 Å². The molecule has 0 aliphatic carbocycles. The zero-order valence-corrected chi connectivity index (χ0v) is 11.4. The Kier molecular flexibility index (Phi) is 3.92. The van der Waals surface area contributed by atoms with Crippen LogP contribution in [0.4, 0.5) is 18.9 Å². The molecular formula is C14H17F3N2O. The van der Waals surface area contributed by atoms with Gasteiger partial charge >= 0.3 is 6.18 Å². The fourth-order valence-electron chi connectivity index (χ4n) is 2.43. The number of anilines is 1. The van der Waals surface area contributed by atoms with Gasteiger partial charge in [-0.25, -0.2) is 0 Å². The molecule has 1 saturated heterocycles. The summed E-state index contributed by atoms with van der Waals surface area (Å²) in [6.45, 7) is 3.24. The van der Waals surface area contributed by atoms with Gasteiger partial charge in [0.15, 0.2) is 0 Å². The number of carbonyl (C=O) groups is 1. The molecule has 110 valence electrons. The monoisotopic (exact) mass is 286 g/mol. The summed E-state index contributed by atoms with van der Waals surface area (Å²) in [5.74, 6) is 0.0696. The summed E-state index contributed by atoms with van der Waals surface area (Å²) in [6, 6.07) is 3.67. The zero-order valence-electron chi connectivity index (χ0n) is 11.4. The Morgan fingerprint density at radius 3 is 2.60 bits per heavy atom. The summed E-state index contributed by atoms with van der Waals surface area (Å²) in [6.07, 6.45) is -3.58. The van der Waals surface area contributed by atoms with E-state index in [2.05, 4.69) is 5.32 Å². The number of nitrogens with zero attached hydrogens (tertiary/aromatic N) is 1. The van der Waals surface area contributed by atoms with Gasteiger partial charge in [0.25, 0.3) is 5.91 Å². The van der Waals surface area contributed by atoms with Crippen LogP contribution in [0.5, 0.6) is 0 Å². The smallest absolute Gasteiger partial charge is 0.388 e. The lowest BCUT2D eigenvalue weighted by Crippen LogP contribution is -2.28. The zero-order chi connectivity index (χ0) is 14.9. The SMILES string of the molecule is CNc1ccc(C(=O)N2CCC(C)C2)cc1C(F)(F)F. The normalized spacial score (nSPS) is 19.2. The van der Waals surface area contributed by atoms with E-state index in [-0.39, 0.29) is 17.2 Å². The Balaban J connectivity index is 2.31. The number of carbonyl (C=O) groups excluding carboxylic acids is 1. The van der Waals surface area contributed by atoms with Crippen LogP contribution in [0.2, 0.25) is 0 Å². The van der Waals surface area contributed by atoms with Crippen LogP contribution in [0.1, 0.15) is 29.3 Å². The molecule has 1 unspecified atom stereocenters. The predicted molar refractivity (Wildman–Crippen MR) is 70.7 cm³/mol. The van der Waals surface area contributed by atoms with Crippen molar-refractivity contribution in [2.24, 2.45) is 5.92 Å². The molecule has 1 aromatic carbocycles. The number of amides is 1. The Labute approximate surface area is 115 Å². The van der Waals surface area contributed by atoms with Gasteiger partial charge in [-0.3, -0.25) is 4.79 Å². The molecule has 1 N–H and O–H groups in total. The number of hydrogen-bond acceptors (Lipinski definition) is 2. The van der Waals surface area contributed by atoms with Crippen molar-refractivity contribution in [2.75, 3.05) is 25.5 Å². The van der Waals surface area contributed by atoms with E-state index < -0.39 is 11.7 Å². The van der Waals surface area contributed by atoms with Crippen LogP contribution in [0.15, 0.2) is 18.2 Å². The van der Waals surface area contributed by atoms with Gasteiger partial charge in [-0.05, 0) is 30.5 Å². The van der Waals surface area contributed by atoms with Crippen LogP contribution < -0.4 is 5.32 Å². The highest BCUT2D eigenvalue weighted by atomic mass is 19.4. The summed E-state index contributed by atoms with van der Waals surface area (Å²) in [5.41, 5.74) is -0.743. The van der Waals surface area contributed by atoms with Crippen molar-refractivity contribution in [2.45, 2.75) is 19.5 Å². The average Bonchev–Trinajstić information content (AvgIpc) is 2.83. The number of nitrogens with one attached hydrogen (secondary N) is 1. The van der Waals surface area contributed by atoms with E-state index in [4.69, 9.17) is 0 Å². The average molecular weight is 286 g/mol. The van der Waals surface area contributed by atoms with Gasteiger partial charge in [0.05, 0.1) is 5.56 Å². The summed E-state index contributed by atoms with van der Waals surface area (Å²) in [5, 5.41) is 2.50. The minimum atomic E-state index is -4.48. The van der Waals surface area contributed by atoms with Gasteiger partial charge in [-0.2, -0.15) is 13.2 Å². The van der Waals surface area contributed by atoms with Gasteiger partial charge in [0, 0.05) is 31.4 Å². The molecular weight excluding hydrogens is 269 g/mol. The minimum Gasteiger partial charge on any atom is -0.388 e. The summed E-state index contributed by atoms with van der Waals surface area (Å²) >= 11 is 0. The standard InChI is InChI=1S/C14H17F3N2O/c1-9-5-6-19(8-9)13(20)10-3-4-12(18-2)11(7-10)14(15,16)17/h3-4,7,9,18H,5-6,8H2,1-2H3. The molecule has 0 bridgehead atoms. The molecule has 1 aliphatic rings. The summed E-state index contributed by atoms with van der Waals surface area (Å²) < 4.78 is 38.9. The Bertz CT molecular complexity index is 514. The molecule has 0 saturated carbocycles. The molecule has 6 heteroatoms. The first-order valence-corrected chi connectivity index (χ1v) is 6.51. The van der Waals surface area contributed by atoms with Gasteiger partial charge < -0.3 is 10.2 Å². The van der Waals surface area contributed by atoms with Crippen molar-refractivity contribution < 1.29 is 18.0 Å². The third-order valence-electron chi connectivity index (χ3n) is 3.55. The van der Waals surface area contributed by atoms with Crippen molar-refractivity contribution >= 4 is 11.6 Å². The van der Waals surface area contributed by atoms with E-state index in [1.54, 1.807) is 4.90 Å². The lowest BCUT2D eigenvalue weighted by Gasteiger charge is -2.18. The maximum atomic E-state index is 13.0. The van der Waals surface area contributed by atoms with Crippen molar-refractivity contribution in [1.29, 1.82) is 0 Å². The number of benzene rings is 1. The third kappa shape index (κ3) is 2.89. The highest BCUT2D eigenvalue weighted by molar-refractivity contribution is 5.95. The maximum Gasteiger partial charge on any atom is 0.418 e. The molecule has 0 aromatic heterocycles. The van der Waals surface area contributed by atoms with Crippen molar-refractivity contribution in [1.82, 2.24) is 4.90 Å². The second kappa shape index (κ2) is 5.34. The van der Waals surface area contributed by atoms with E-state index >= 15 is 0 Å². The van der Waals surface area contributed by atoms with Crippen molar-refractivity contribution in [3.05, 3.63) is 29.3 Å². The third-order valence-corrected chi connectivity index (χ3v) is 3.55. The van der Waals surface area contributed by atoms with E-state index in [1.807, 2.05) is 6.92 Å². The minimum absolute atomic E-state index is 0.0242. The van der Waals surface area contributed by atoms with Crippen LogP contribution in [0.3, 0.4) is 0 Å². The number of rotatable bonds is 2. The first-order valence-electron chi connectivity index (χ1n) is 6.51. The molecule has 1 heterocycles.